The molecular weight excluding hydrogens is 312 g/mol. The Hall–Kier alpha value is -4.00. The molecule has 10 heteroatoms. The number of hydrogen-bond acceptors (Lipinski definition) is 7. The summed E-state index contributed by atoms with van der Waals surface area (Å²) < 4.78 is 1.59. The summed E-state index contributed by atoms with van der Waals surface area (Å²) in [6, 6.07) is 8.36. The summed E-state index contributed by atoms with van der Waals surface area (Å²) in [4.78, 5) is 11.4. The third-order valence-corrected chi connectivity index (χ3v) is 3.08. The Labute approximate surface area is 135 Å². The summed E-state index contributed by atoms with van der Waals surface area (Å²) in [6.45, 7) is 0. The number of carboxylic acid groups (broad SMARTS) is 1. The highest BCUT2D eigenvalue weighted by Gasteiger charge is 2.12. The highest BCUT2D eigenvalue weighted by atomic mass is 16.4. The smallest absolute Gasteiger partial charge is 0.337 e. The van der Waals surface area contributed by atoms with Crippen molar-refractivity contribution >= 4 is 17.2 Å². The van der Waals surface area contributed by atoms with E-state index in [1.807, 2.05) is 6.07 Å². The summed E-state index contributed by atoms with van der Waals surface area (Å²) in [5.74, 6) is -0.999. The van der Waals surface area contributed by atoms with Crippen LogP contribution in [0.5, 0.6) is 0 Å². The van der Waals surface area contributed by atoms with Gasteiger partial charge in [-0.05, 0) is 29.5 Å². The molecule has 2 aromatic heterocycles. The van der Waals surface area contributed by atoms with E-state index in [2.05, 4.69) is 31.0 Å². The van der Waals surface area contributed by atoms with E-state index in [1.165, 1.54) is 12.3 Å². The predicted octanol–water partition coefficient (Wildman–Crippen LogP) is 1.06. The topological polar surface area (TPSA) is 145 Å². The van der Waals surface area contributed by atoms with Crippen LogP contribution in [-0.4, -0.2) is 41.5 Å². The van der Waals surface area contributed by atoms with Crippen molar-refractivity contribution in [2.75, 3.05) is 5.32 Å². The number of tetrazole rings is 1. The first-order valence-electron chi connectivity index (χ1n) is 6.67. The molecule has 3 N–H and O–H groups in total. The van der Waals surface area contributed by atoms with E-state index >= 15 is 0 Å². The molecule has 0 aliphatic rings. The maximum Gasteiger partial charge on any atom is 0.337 e. The Bertz CT molecular complexity index is 922. The molecular formula is C14H10N8O2. The van der Waals surface area contributed by atoms with Gasteiger partial charge in [0, 0.05) is 18.6 Å². The second-order valence-electron chi connectivity index (χ2n) is 4.54. The number of anilines is 1. The van der Waals surface area contributed by atoms with E-state index in [4.69, 9.17) is 5.26 Å². The van der Waals surface area contributed by atoms with Gasteiger partial charge in [-0.15, -0.1) is 10.2 Å². The van der Waals surface area contributed by atoms with Gasteiger partial charge in [-0.3, -0.25) is 0 Å². The molecule has 3 aromatic rings. The first-order valence-corrected chi connectivity index (χ1v) is 6.67. The van der Waals surface area contributed by atoms with Crippen LogP contribution in [-0.2, 0) is 0 Å². The lowest BCUT2D eigenvalue weighted by Gasteiger charge is -2.09. The lowest BCUT2D eigenvalue weighted by Crippen LogP contribution is -2.05. The molecule has 0 saturated heterocycles. The minimum Gasteiger partial charge on any atom is -0.478 e. The van der Waals surface area contributed by atoms with Gasteiger partial charge in [0.15, 0.2) is 0 Å². The normalized spacial score (nSPS) is 11.0. The molecule has 0 aliphatic carbocycles. The number of benzene rings is 1. The number of carboxylic acids is 1. The van der Waals surface area contributed by atoms with E-state index in [-0.39, 0.29) is 17.0 Å². The van der Waals surface area contributed by atoms with Crippen molar-refractivity contribution in [3.8, 4) is 11.8 Å². The van der Waals surface area contributed by atoms with E-state index in [0.29, 0.717) is 11.4 Å². The van der Waals surface area contributed by atoms with Gasteiger partial charge in [0.2, 0.25) is 5.82 Å². The Morgan fingerprint density at radius 1 is 1.46 bits per heavy atom. The molecule has 1 aromatic carbocycles. The van der Waals surface area contributed by atoms with Crippen LogP contribution in [0.1, 0.15) is 16.2 Å². The third kappa shape index (κ3) is 2.95. The van der Waals surface area contributed by atoms with Crippen molar-refractivity contribution in [1.82, 2.24) is 30.4 Å². The van der Waals surface area contributed by atoms with Crippen LogP contribution in [0.4, 0.5) is 5.69 Å². The van der Waals surface area contributed by atoms with Crippen molar-refractivity contribution in [3.63, 3.8) is 0 Å². The van der Waals surface area contributed by atoms with Gasteiger partial charge in [0.25, 0.3) is 0 Å². The monoisotopic (exact) mass is 322 g/mol. The van der Waals surface area contributed by atoms with Crippen LogP contribution in [0.25, 0.3) is 11.3 Å². The standard InChI is InChI=1S/C14H10N8O2/c15-7-9(13-18-20-21-19-13)8-16-12-6-10(22-5-1-4-17-22)2-3-11(12)14(23)24/h1-6,8,16H,(H,23,24)(H,18,19,20,21). The number of nitriles is 1. The van der Waals surface area contributed by atoms with Crippen LogP contribution in [0.2, 0.25) is 0 Å². The maximum absolute atomic E-state index is 11.4. The zero-order valence-corrected chi connectivity index (χ0v) is 12.1. The van der Waals surface area contributed by atoms with Crippen molar-refractivity contribution < 1.29 is 9.90 Å². The highest BCUT2D eigenvalue weighted by molar-refractivity contribution is 5.95. The molecule has 0 aliphatic heterocycles. The third-order valence-electron chi connectivity index (χ3n) is 3.08. The number of aromatic nitrogens is 6. The first-order chi connectivity index (χ1) is 11.7. The largest absolute Gasteiger partial charge is 0.478 e. The number of H-pyrrole nitrogens is 1. The second kappa shape index (κ2) is 6.41. The first kappa shape index (κ1) is 14.9. The van der Waals surface area contributed by atoms with E-state index in [0.717, 1.165) is 0 Å². The fraction of sp³-hybridized carbons (Fsp3) is 0. The Morgan fingerprint density at radius 2 is 2.33 bits per heavy atom. The fourth-order valence-electron chi connectivity index (χ4n) is 1.97. The van der Waals surface area contributed by atoms with Crippen molar-refractivity contribution in [2.24, 2.45) is 0 Å². The van der Waals surface area contributed by atoms with Crippen LogP contribution in [0.15, 0.2) is 42.9 Å². The zero-order valence-electron chi connectivity index (χ0n) is 12.1. The van der Waals surface area contributed by atoms with E-state index in [9.17, 15) is 9.90 Å². The summed E-state index contributed by atoms with van der Waals surface area (Å²) >= 11 is 0. The van der Waals surface area contributed by atoms with Crippen molar-refractivity contribution in [1.29, 1.82) is 5.26 Å². The van der Waals surface area contributed by atoms with Crippen LogP contribution >= 0.6 is 0 Å². The van der Waals surface area contributed by atoms with E-state index in [1.54, 1.807) is 35.3 Å². The number of nitrogens with zero attached hydrogens (tertiary/aromatic N) is 6. The molecule has 10 nitrogen and oxygen atoms in total. The number of nitrogens with one attached hydrogen (secondary N) is 2. The summed E-state index contributed by atoms with van der Waals surface area (Å²) in [6.07, 6.45) is 4.66. The quantitative estimate of drug-likeness (QED) is 0.591. The second-order valence-corrected chi connectivity index (χ2v) is 4.54. The van der Waals surface area contributed by atoms with Gasteiger partial charge >= 0.3 is 5.97 Å². The molecule has 0 unspecified atom stereocenters. The lowest BCUT2D eigenvalue weighted by atomic mass is 10.1. The van der Waals surface area contributed by atoms with Gasteiger partial charge in [0.1, 0.15) is 11.6 Å². The summed E-state index contributed by atoms with van der Waals surface area (Å²) in [7, 11) is 0. The molecule has 0 fully saturated rings. The SMILES string of the molecule is N#CC(=CNc1cc(-n2cccn2)ccc1C(=O)O)c1nn[nH]n1. The number of carbonyl (C=O) groups is 1. The average Bonchev–Trinajstić information content (AvgIpc) is 3.29. The number of rotatable bonds is 5. The number of allylic oxidation sites excluding steroid dienone is 1. The molecule has 24 heavy (non-hydrogen) atoms. The predicted molar refractivity (Wildman–Crippen MR) is 81.9 cm³/mol. The van der Waals surface area contributed by atoms with Crippen LogP contribution in [0, 0.1) is 11.3 Å². The molecule has 3 rings (SSSR count). The molecule has 0 bridgehead atoms. The number of aromatic amines is 1. The molecule has 0 amide bonds. The van der Waals surface area contributed by atoms with Gasteiger partial charge < -0.3 is 10.4 Å². The molecule has 0 spiro atoms. The molecule has 0 saturated carbocycles. The molecule has 0 atom stereocenters. The Balaban J connectivity index is 1.97. The summed E-state index contributed by atoms with van der Waals surface area (Å²) in [5.41, 5.74) is 1.11. The minimum absolute atomic E-state index is 0.0487. The summed E-state index contributed by atoms with van der Waals surface area (Å²) in [5, 5.41) is 38.4. The zero-order chi connectivity index (χ0) is 16.9. The molecule has 0 radical (unpaired) electrons. The maximum atomic E-state index is 11.4. The Morgan fingerprint density at radius 3 is 2.96 bits per heavy atom. The van der Waals surface area contributed by atoms with Gasteiger partial charge in [0.05, 0.1) is 16.9 Å². The highest BCUT2D eigenvalue weighted by Crippen LogP contribution is 2.21. The number of hydrogen-bond donors (Lipinski definition) is 3. The Kier molecular flexibility index (Phi) is 3.98. The number of aromatic carboxylic acids is 1. The van der Waals surface area contributed by atoms with Gasteiger partial charge in [-0.2, -0.15) is 15.6 Å². The van der Waals surface area contributed by atoms with Crippen LogP contribution in [0.3, 0.4) is 0 Å². The van der Waals surface area contributed by atoms with Gasteiger partial charge in [-0.25, -0.2) is 9.48 Å². The fourth-order valence-corrected chi connectivity index (χ4v) is 1.97. The van der Waals surface area contributed by atoms with Crippen molar-refractivity contribution in [3.05, 3.63) is 54.2 Å². The van der Waals surface area contributed by atoms with Crippen LogP contribution < -0.4 is 5.32 Å². The van der Waals surface area contributed by atoms with Crippen molar-refractivity contribution in [2.45, 2.75) is 0 Å². The lowest BCUT2D eigenvalue weighted by molar-refractivity contribution is 0.0698. The minimum atomic E-state index is -1.10. The molecule has 2 heterocycles. The van der Waals surface area contributed by atoms with Gasteiger partial charge in [-0.1, -0.05) is 0 Å². The van der Waals surface area contributed by atoms with E-state index < -0.39 is 5.97 Å². The molecule has 118 valence electrons. The average molecular weight is 322 g/mol.